The lowest BCUT2D eigenvalue weighted by Crippen LogP contribution is -2.52. The number of hydrogen-bond acceptors (Lipinski definition) is 3. The van der Waals surface area contributed by atoms with E-state index in [0.29, 0.717) is 6.54 Å². The van der Waals surface area contributed by atoms with Crippen LogP contribution >= 0.6 is 12.2 Å². The van der Waals surface area contributed by atoms with E-state index in [4.69, 9.17) is 18.0 Å². The molecule has 1 rings (SSSR count). The third-order valence-corrected chi connectivity index (χ3v) is 4.65. The number of nitrogens with one attached hydrogen (secondary N) is 2. The molecule has 1 fully saturated rings. The van der Waals surface area contributed by atoms with E-state index in [1.165, 1.54) is 6.42 Å². The summed E-state index contributed by atoms with van der Waals surface area (Å²) in [7, 11) is -3.50. The Morgan fingerprint density at radius 2 is 2.00 bits per heavy atom. The Hall–Kier alpha value is -0.240. The molecule has 0 heterocycles. The fraction of sp³-hybridized carbons (Fsp3) is 0.909. The predicted molar refractivity (Wildman–Crippen MR) is 77.5 cm³/mol. The van der Waals surface area contributed by atoms with Gasteiger partial charge in [0.15, 0.2) is 0 Å². The van der Waals surface area contributed by atoms with E-state index < -0.39 is 16.3 Å². The van der Waals surface area contributed by atoms with Gasteiger partial charge in [-0.3, -0.25) is 0 Å². The minimum Gasteiger partial charge on any atom is -0.392 e. The molecule has 0 aliphatic heterocycles. The fourth-order valence-corrected chi connectivity index (χ4v) is 3.84. The molecule has 0 spiro atoms. The highest BCUT2D eigenvalue weighted by Gasteiger charge is 2.29. The molecule has 0 aromatic heterocycles. The third kappa shape index (κ3) is 5.17. The van der Waals surface area contributed by atoms with Gasteiger partial charge in [-0.2, -0.15) is 13.1 Å². The first-order valence-electron chi connectivity index (χ1n) is 6.52. The van der Waals surface area contributed by atoms with Gasteiger partial charge in [0.05, 0.1) is 11.0 Å². The van der Waals surface area contributed by atoms with Crippen LogP contribution in [-0.4, -0.2) is 26.0 Å². The second kappa shape index (κ2) is 7.37. The Balaban J connectivity index is 2.64. The number of thiocarbonyl (C=S) groups is 1. The highest BCUT2D eigenvalue weighted by Crippen LogP contribution is 2.26. The van der Waals surface area contributed by atoms with E-state index in [1.54, 1.807) is 0 Å². The molecule has 106 valence electrons. The zero-order chi connectivity index (χ0) is 13.6. The van der Waals surface area contributed by atoms with Crippen LogP contribution in [0.1, 0.15) is 45.4 Å². The van der Waals surface area contributed by atoms with Crippen LogP contribution in [0.3, 0.4) is 0 Å². The summed E-state index contributed by atoms with van der Waals surface area (Å²) in [5.74, 6) is 0.231. The van der Waals surface area contributed by atoms with Crippen molar-refractivity contribution in [3.05, 3.63) is 0 Å². The lowest BCUT2D eigenvalue weighted by molar-refractivity contribution is 0.330. The maximum absolute atomic E-state index is 11.8. The maximum Gasteiger partial charge on any atom is 0.277 e. The Morgan fingerprint density at radius 3 is 2.50 bits per heavy atom. The maximum atomic E-state index is 11.8. The van der Waals surface area contributed by atoms with Crippen molar-refractivity contribution < 1.29 is 8.42 Å². The van der Waals surface area contributed by atoms with Crippen molar-refractivity contribution in [1.29, 1.82) is 0 Å². The lowest BCUT2D eigenvalue weighted by Gasteiger charge is -2.29. The second-order valence-corrected chi connectivity index (χ2v) is 6.80. The molecule has 1 aliphatic rings. The van der Waals surface area contributed by atoms with Gasteiger partial charge in [-0.25, -0.2) is 4.72 Å². The van der Waals surface area contributed by atoms with Gasteiger partial charge in [-0.05, 0) is 25.2 Å². The largest absolute Gasteiger partial charge is 0.392 e. The van der Waals surface area contributed by atoms with Gasteiger partial charge in [0, 0.05) is 6.54 Å². The monoisotopic (exact) mass is 293 g/mol. The van der Waals surface area contributed by atoms with E-state index >= 15 is 0 Å². The van der Waals surface area contributed by atoms with Crippen LogP contribution in [0.5, 0.6) is 0 Å². The molecule has 0 aromatic carbocycles. The average molecular weight is 293 g/mol. The lowest BCUT2D eigenvalue weighted by atomic mass is 9.84. The third-order valence-electron chi connectivity index (χ3n) is 3.25. The molecule has 7 heteroatoms. The summed E-state index contributed by atoms with van der Waals surface area (Å²) < 4.78 is 28.7. The summed E-state index contributed by atoms with van der Waals surface area (Å²) in [4.78, 5) is 0.240. The second-order valence-electron chi connectivity index (χ2n) is 4.79. The smallest absolute Gasteiger partial charge is 0.277 e. The Kier molecular flexibility index (Phi) is 6.48. The quantitative estimate of drug-likeness (QED) is 0.613. The van der Waals surface area contributed by atoms with Crippen LogP contribution in [0, 0.1) is 5.92 Å². The van der Waals surface area contributed by atoms with Crippen LogP contribution in [0.4, 0.5) is 0 Å². The van der Waals surface area contributed by atoms with Gasteiger partial charge >= 0.3 is 0 Å². The SMILES string of the molecule is CCCNS(=O)(=O)NC(C(N)=S)C1CCCCC1. The zero-order valence-electron chi connectivity index (χ0n) is 10.8. The highest BCUT2D eigenvalue weighted by molar-refractivity contribution is 7.87. The minimum atomic E-state index is -3.50. The van der Waals surface area contributed by atoms with Crippen LogP contribution in [0.2, 0.25) is 0 Å². The molecule has 1 aliphatic carbocycles. The summed E-state index contributed by atoms with van der Waals surface area (Å²) >= 11 is 5.00. The molecular weight excluding hydrogens is 270 g/mol. The fourth-order valence-electron chi connectivity index (χ4n) is 2.30. The van der Waals surface area contributed by atoms with Gasteiger partial charge < -0.3 is 5.73 Å². The molecule has 0 radical (unpaired) electrons. The first-order chi connectivity index (χ1) is 8.46. The predicted octanol–water partition coefficient (Wildman–Crippen LogP) is 1.06. The molecule has 1 unspecified atom stereocenters. The molecule has 18 heavy (non-hydrogen) atoms. The van der Waals surface area contributed by atoms with Crippen molar-refractivity contribution in [3.63, 3.8) is 0 Å². The molecule has 5 nitrogen and oxygen atoms in total. The number of rotatable bonds is 7. The normalized spacial score (nSPS) is 19.6. The summed E-state index contributed by atoms with van der Waals surface area (Å²) in [6.45, 7) is 2.33. The van der Waals surface area contributed by atoms with E-state index in [-0.39, 0.29) is 10.9 Å². The summed E-state index contributed by atoms with van der Waals surface area (Å²) in [5.41, 5.74) is 5.68. The van der Waals surface area contributed by atoms with Crippen LogP contribution < -0.4 is 15.2 Å². The van der Waals surface area contributed by atoms with Crippen LogP contribution in [0.25, 0.3) is 0 Å². The van der Waals surface area contributed by atoms with Crippen LogP contribution in [-0.2, 0) is 10.2 Å². The summed E-state index contributed by atoms with van der Waals surface area (Å²) in [6.07, 6.45) is 6.17. The molecule has 0 bridgehead atoms. The van der Waals surface area contributed by atoms with Crippen molar-refractivity contribution in [2.45, 2.75) is 51.5 Å². The van der Waals surface area contributed by atoms with E-state index in [9.17, 15) is 8.42 Å². The van der Waals surface area contributed by atoms with Crippen LogP contribution in [0.15, 0.2) is 0 Å². The van der Waals surface area contributed by atoms with Crippen molar-refractivity contribution in [3.8, 4) is 0 Å². The molecule has 1 saturated carbocycles. The molecule has 1 atom stereocenters. The van der Waals surface area contributed by atoms with Gasteiger partial charge in [0.25, 0.3) is 10.2 Å². The van der Waals surface area contributed by atoms with Gasteiger partial charge in [-0.1, -0.05) is 38.4 Å². The highest BCUT2D eigenvalue weighted by atomic mass is 32.2. The van der Waals surface area contributed by atoms with E-state index in [0.717, 1.165) is 32.1 Å². The Bertz CT molecular complexity index is 364. The van der Waals surface area contributed by atoms with Gasteiger partial charge in [-0.15, -0.1) is 0 Å². The Labute approximate surface area is 115 Å². The van der Waals surface area contributed by atoms with Crippen molar-refractivity contribution in [2.24, 2.45) is 11.7 Å². The van der Waals surface area contributed by atoms with Crippen molar-refractivity contribution in [1.82, 2.24) is 9.44 Å². The number of hydrogen-bond donors (Lipinski definition) is 3. The first-order valence-corrected chi connectivity index (χ1v) is 8.41. The first kappa shape index (κ1) is 15.8. The minimum absolute atomic E-state index is 0.231. The molecule has 4 N–H and O–H groups in total. The molecule has 0 aromatic rings. The van der Waals surface area contributed by atoms with E-state index in [1.807, 2.05) is 6.92 Å². The topological polar surface area (TPSA) is 84.2 Å². The standard InChI is InChI=1S/C11H23N3O2S2/c1-2-8-13-18(15,16)14-10(11(12)17)9-6-4-3-5-7-9/h9-10,13-14H,2-8H2,1H3,(H2,12,17). The summed E-state index contributed by atoms with van der Waals surface area (Å²) in [5, 5.41) is 0. The van der Waals surface area contributed by atoms with Crippen molar-refractivity contribution >= 4 is 27.4 Å². The Morgan fingerprint density at radius 1 is 1.39 bits per heavy atom. The molecule has 0 amide bonds. The van der Waals surface area contributed by atoms with Gasteiger partial charge in [0.1, 0.15) is 0 Å². The molecule has 0 saturated heterocycles. The number of nitrogens with two attached hydrogens (primary N) is 1. The zero-order valence-corrected chi connectivity index (χ0v) is 12.4. The van der Waals surface area contributed by atoms with Gasteiger partial charge in [0.2, 0.25) is 0 Å². The van der Waals surface area contributed by atoms with Crippen molar-refractivity contribution in [2.75, 3.05) is 6.54 Å². The van der Waals surface area contributed by atoms with E-state index in [2.05, 4.69) is 9.44 Å². The summed E-state index contributed by atoms with van der Waals surface area (Å²) in [6, 6.07) is -0.422. The average Bonchev–Trinajstić information content (AvgIpc) is 2.34. The molecular formula is C11H23N3O2S2.